The Morgan fingerprint density at radius 3 is 2.26 bits per heavy atom. The van der Waals surface area contributed by atoms with Crippen LogP contribution < -0.4 is 10.5 Å². The molecule has 0 spiro atoms. The van der Waals surface area contributed by atoms with Crippen LogP contribution in [0.3, 0.4) is 0 Å². The smallest absolute Gasteiger partial charge is 0.118 e. The van der Waals surface area contributed by atoms with Gasteiger partial charge in [-0.3, -0.25) is 0 Å². The summed E-state index contributed by atoms with van der Waals surface area (Å²) in [6.45, 7) is 5.16. The molecule has 1 atom stereocenters. The minimum absolute atomic E-state index is 0.0847. The standard InChI is InChI=1S/C15H25NO3/c1-15(2,18-4)9-10-19-14(11-16)12-5-7-13(17-3)8-6-12/h5-8,14H,9-11,16H2,1-4H3. The molecule has 0 aliphatic heterocycles. The second-order valence-corrected chi connectivity index (χ2v) is 5.08. The first-order valence-electron chi connectivity index (χ1n) is 6.53. The van der Waals surface area contributed by atoms with Crippen molar-refractivity contribution in [3.8, 4) is 5.75 Å². The number of nitrogens with two attached hydrogens (primary N) is 1. The Hall–Kier alpha value is -1.10. The molecule has 0 aromatic heterocycles. The van der Waals surface area contributed by atoms with Gasteiger partial charge in [0, 0.05) is 13.7 Å². The van der Waals surface area contributed by atoms with Crippen molar-refractivity contribution < 1.29 is 14.2 Å². The summed E-state index contributed by atoms with van der Waals surface area (Å²) in [7, 11) is 3.36. The Morgan fingerprint density at radius 2 is 1.79 bits per heavy atom. The first-order chi connectivity index (χ1) is 9.02. The summed E-state index contributed by atoms with van der Waals surface area (Å²) >= 11 is 0. The van der Waals surface area contributed by atoms with E-state index in [1.54, 1.807) is 14.2 Å². The van der Waals surface area contributed by atoms with Crippen LogP contribution in [-0.4, -0.2) is 33.0 Å². The number of ether oxygens (including phenoxy) is 3. The lowest BCUT2D eigenvalue weighted by molar-refractivity contribution is -0.0257. The molecule has 4 heteroatoms. The molecule has 0 fully saturated rings. The van der Waals surface area contributed by atoms with Crippen LogP contribution in [0.4, 0.5) is 0 Å². The molecule has 1 aromatic rings. The van der Waals surface area contributed by atoms with Crippen molar-refractivity contribution in [2.24, 2.45) is 5.73 Å². The summed E-state index contributed by atoms with van der Waals surface area (Å²) in [5.41, 5.74) is 6.67. The molecule has 0 radical (unpaired) electrons. The molecule has 108 valence electrons. The third kappa shape index (κ3) is 5.19. The summed E-state index contributed by atoms with van der Waals surface area (Å²) in [5, 5.41) is 0. The predicted molar refractivity (Wildman–Crippen MR) is 76.4 cm³/mol. The highest BCUT2D eigenvalue weighted by molar-refractivity contribution is 5.28. The lowest BCUT2D eigenvalue weighted by atomic mass is 10.1. The molecule has 1 unspecified atom stereocenters. The number of rotatable bonds is 8. The van der Waals surface area contributed by atoms with Crippen molar-refractivity contribution in [2.75, 3.05) is 27.4 Å². The largest absolute Gasteiger partial charge is 0.497 e. The third-order valence-electron chi connectivity index (χ3n) is 3.28. The van der Waals surface area contributed by atoms with Gasteiger partial charge in [0.1, 0.15) is 5.75 Å². The molecule has 19 heavy (non-hydrogen) atoms. The molecule has 0 heterocycles. The van der Waals surface area contributed by atoms with Gasteiger partial charge in [0.25, 0.3) is 0 Å². The molecule has 4 nitrogen and oxygen atoms in total. The summed E-state index contributed by atoms with van der Waals surface area (Å²) < 4.78 is 16.3. The summed E-state index contributed by atoms with van der Waals surface area (Å²) in [4.78, 5) is 0. The van der Waals surface area contributed by atoms with Gasteiger partial charge in [0.2, 0.25) is 0 Å². The molecule has 1 rings (SSSR count). The summed E-state index contributed by atoms with van der Waals surface area (Å²) in [6.07, 6.45) is 0.745. The zero-order valence-corrected chi connectivity index (χ0v) is 12.3. The highest BCUT2D eigenvalue weighted by Gasteiger charge is 2.17. The maximum Gasteiger partial charge on any atom is 0.118 e. The van der Waals surface area contributed by atoms with Crippen molar-refractivity contribution in [3.05, 3.63) is 29.8 Å². The molecule has 0 saturated carbocycles. The Kier molecular flexibility index (Phi) is 6.28. The molecular weight excluding hydrogens is 242 g/mol. The molecular formula is C15H25NO3. The minimum atomic E-state index is -0.168. The van der Waals surface area contributed by atoms with Gasteiger partial charge in [0.05, 0.1) is 25.4 Å². The zero-order chi connectivity index (χ0) is 14.3. The van der Waals surface area contributed by atoms with Crippen molar-refractivity contribution in [3.63, 3.8) is 0 Å². The fourth-order valence-corrected chi connectivity index (χ4v) is 1.67. The molecule has 0 bridgehead atoms. The predicted octanol–water partition coefficient (Wildman–Crippen LogP) is 2.53. The SMILES string of the molecule is COc1ccc(C(CN)OCCC(C)(C)OC)cc1. The highest BCUT2D eigenvalue weighted by Crippen LogP contribution is 2.21. The van der Waals surface area contributed by atoms with Crippen LogP contribution in [0.1, 0.15) is 31.9 Å². The van der Waals surface area contributed by atoms with E-state index in [9.17, 15) is 0 Å². The Labute approximate surface area is 115 Å². The molecule has 0 aliphatic carbocycles. The lowest BCUT2D eigenvalue weighted by Gasteiger charge is -2.24. The normalized spacial score (nSPS) is 13.3. The van der Waals surface area contributed by atoms with Gasteiger partial charge in [-0.05, 0) is 38.0 Å². The fraction of sp³-hybridized carbons (Fsp3) is 0.600. The first kappa shape index (κ1) is 16.0. The van der Waals surface area contributed by atoms with E-state index < -0.39 is 0 Å². The fourth-order valence-electron chi connectivity index (χ4n) is 1.67. The van der Waals surface area contributed by atoms with Crippen molar-refractivity contribution in [1.82, 2.24) is 0 Å². The average Bonchev–Trinajstić information content (AvgIpc) is 2.44. The van der Waals surface area contributed by atoms with Gasteiger partial charge in [-0.1, -0.05) is 12.1 Å². The topological polar surface area (TPSA) is 53.7 Å². The second kappa shape index (κ2) is 7.48. The van der Waals surface area contributed by atoms with Crippen LogP contribution in [0.25, 0.3) is 0 Å². The molecule has 2 N–H and O–H groups in total. The van der Waals surface area contributed by atoms with Gasteiger partial charge in [-0.25, -0.2) is 0 Å². The van der Waals surface area contributed by atoms with E-state index in [0.29, 0.717) is 13.2 Å². The van der Waals surface area contributed by atoms with Crippen molar-refractivity contribution >= 4 is 0 Å². The van der Waals surface area contributed by atoms with E-state index in [4.69, 9.17) is 19.9 Å². The average molecular weight is 267 g/mol. The van der Waals surface area contributed by atoms with Gasteiger partial charge in [-0.15, -0.1) is 0 Å². The van der Waals surface area contributed by atoms with Crippen LogP contribution in [0.15, 0.2) is 24.3 Å². The lowest BCUT2D eigenvalue weighted by Crippen LogP contribution is -2.26. The van der Waals surface area contributed by atoms with E-state index in [1.807, 2.05) is 38.1 Å². The Balaban J connectivity index is 2.53. The van der Waals surface area contributed by atoms with Gasteiger partial charge < -0.3 is 19.9 Å². The van der Waals surface area contributed by atoms with Gasteiger partial charge in [0.15, 0.2) is 0 Å². The Bertz CT molecular complexity index is 362. The highest BCUT2D eigenvalue weighted by atomic mass is 16.5. The minimum Gasteiger partial charge on any atom is -0.497 e. The Morgan fingerprint density at radius 1 is 1.16 bits per heavy atom. The summed E-state index contributed by atoms with van der Waals surface area (Å²) in [6, 6.07) is 7.80. The van der Waals surface area contributed by atoms with E-state index in [0.717, 1.165) is 17.7 Å². The maximum atomic E-state index is 5.84. The maximum absolute atomic E-state index is 5.84. The number of methoxy groups -OCH3 is 2. The second-order valence-electron chi connectivity index (χ2n) is 5.08. The summed E-state index contributed by atoms with van der Waals surface area (Å²) in [5.74, 6) is 0.833. The molecule has 1 aromatic carbocycles. The quantitative estimate of drug-likeness (QED) is 0.786. The van der Waals surface area contributed by atoms with Crippen LogP contribution in [-0.2, 0) is 9.47 Å². The molecule has 0 aliphatic rings. The monoisotopic (exact) mass is 267 g/mol. The molecule has 0 saturated heterocycles. The van der Waals surface area contributed by atoms with Gasteiger partial charge >= 0.3 is 0 Å². The first-order valence-corrected chi connectivity index (χ1v) is 6.53. The van der Waals surface area contributed by atoms with Crippen LogP contribution in [0.5, 0.6) is 5.75 Å². The van der Waals surface area contributed by atoms with Crippen molar-refractivity contribution in [1.29, 1.82) is 0 Å². The third-order valence-corrected chi connectivity index (χ3v) is 3.28. The number of benzene rings is 1. The number of hydrogen-bond donors (Lipinski definition) is 1. The van der Waals surface area contributed by atoms with Crippen LogP contribution >= 0.6 is 0 Å². The van der Waals surface area contributed by atoms with Crippen LogP contribution in [0, 0.1) is 0 Å². The van der Waals surface area contributed by atoms with E-state index in [-0.39, 0.29) is 11.7 Å². The van der Waals surface area contributed by atoms with Gasteiger partial charge in [-0.2, -0.15) is 0 Å². The van der Waals surface area contributed by atoms with E-state index in [1.165, 1.54) is 0 Å². The van der Waals surface area contributed by atoms with E-state index >= 15 is 0 Å². The van der Waals surface area contributed by atoms with E-state index in [2.05, 4.69) is 0 Å². The zero-order valence-electron chi connectivity index (χ0n) is 12.3. The van der Waals surface area contributed by atoms with Crippen LogP contribution in [0.2, 0.25) is 0 Å². The number of hydrogen-bond acceptors (Lipinski definition) is 4. The van der Waals surface area contributed by atoms with Crippen molar-refractivity contribution in [2.45, 2.75) is 32.0 Å². The molecule has 0 amide bonds.